The number of benzene rings is 1. The van der Waals surface area contributed by atoms with Gasteiger partial charge in [0.2, 0.25) is 0 Å². The smallest absolute Gasteiger partial charge is 0.330 e. The van der Waals surface area contributed by atoms with Crippen molar-refractivity contribution in [3.05, 3.63) is 62.3 Å². The van der Waals surface area contributed by atoms with Crippen LogP contribution in [0.15, 0.2) is 38.9 Å². The third-order valence-electron chi connectivity index (χ3n) is 5.23. The van der Waals surface area contributed by atoms with Crippen LogP contribution in [0, 0.1) is 5.82 Å². The second-order valence-electron chi connectivity index (χ2n) is 7.60. The highest BCUT2D eigenvalue weighted by Crippen LogP contribution is 2.41. The van der Waals surface area contributed by atoms with E-state index in [4.69, 9.17) is 0 Å². The average molecular weight is 414 g/mol. The van der Waals surface area contributed by atoms with Gasteiger partial charge in [0, 0.05) is 17.7 Å². The molecule has 0 saturated heterocycles. The highest BCUT2D eigenvalue weighted by Gasteiger charge is 2.32. The Morgan fingerprint density at radius 3 is 2.72 bits per heavy atom. The van der Waals surface area contributed by atoms with Gasteiger partial charge in [-0.25, -0.2) is 19.2 Å². The third-order valence-corrected chi connectivity index (χ3v) is 6.29. The van der Waals surface area contributed by atoms with Gasteiger partial charge in [-0.15, -0.1) is 11.8 Å². The maximum atomic E-state index is 13.4. The number of nitrogens with zero attached hydrogens (tertiary/aromatic N) is 3. The van der Waals surface area contributed by atoms with Crippen LogP contribution in [0.1, 0.15) is 55.1 Å². The molecule has 1 aromatic carbocycles. The topological polar surface area (TPSA) is 101 Å². The summed E-state index contributed by atoms with van der Waals surface area (Å²) in [5.74, 6) is 0.662. The molecule has 5 rings (SSSR count). The minimum Gasteiger partial charge on any atom is -0.388 e. The fraction of sp³-hybridized carbons (Fsp3) is 0.400. The number of hydrogen-bond donors (Lipinski definition) is 2. The van der Waals surface area contributed by atoms with Crippen molar-refractivity contribution in [3.63, 3.8) is 0 Å². The molecule has 2 heterocycles. The summed E-state index contributed by atoms with van der Waals surface area (Å²) in [6, 6.07) is 5.86. The molecule has 0 spiro atoms. The number of nitrogens with one attached hydrogen (secondary N) is 1. The van der Waals surface area contributed by atoms with Crippen LogP contribution in [0.3, 0.4) is 0 Å². The summed E-state index contributed by atoms with van der Waals surface area (Å²) in [5, 5.41) is 11.2. The summed E-state index contributed by atoms with van der Waals surface area (Å²) in [5.41, 5.74) is -0.129. The van der Waals surface area contributed by atoms with E-state index in [2.05, 4.69) is 15.0 Å². The van der Waals surface area contributed by atoms with Crippen molar-refractivity contribution in [1.82, 2.24) is 19.5 Å². The van der Waals surface area contributed by atoms with Crippen molar-refractivity contribution in [1.29, 1.82) is 0 Å². The average Bonchev–Trinajstić information content (AvgIpc) is 3.58. The summed E-state index contributed by atoms with van der Waals surface area (Å²) < 4.78 is 15.0. The van der Waals surface area contributed by atoms with Gasteiger partial charge in [-0.05, 0) is 43.4 Å². The normalized spacial score (nSPS) is 17.6. The molecule has 9 heteroatoms. The van der Waals surface area contributed by atoms with E-state index < -0.39 is 23.2 Å². The molecule has 2 saturated carbocycles. The van der Waals surface area contributed by atoms with Gasteiger partial charge in [0.25, 0.3) is 5.56 Å². The van der Waals surface area contributed by atoms with E-state index >= 15 is 0 Å². The number of fused-ring (bicyclic) bond motifs is 1. The van der Waals surface area contributed by atoms with E-state index in [1.165, 1.54) is 23.9 Å². The van der Waals surface area contributed by atoms with Crippen LogP contribution in [-0.2, 0) is 0 Å². The standard InChI is InChI=1S/C20H19FN4O3S/c21-12-3-1-2-11(8-12)14(26)9-29-19-15-17(22-16(23-19)10-4-5-10)25(13-6-7-13)20(28)24-18(15)27/h1-3,8,10,13-14,26H,4-7,9H2,(H,24,27,28). The van der Waals surface area contributed by atoms with E-state index in [9.17, 15) is 19.1 Å². The largest absolute Gasteiger partial charge is 0.388 e. The minimum absolute atomic E-state index is 0.0551. The molecular weight excluding hydrogens is 395 g/mol. The predicted molar refractivity (Wildman–Crippen MR) is 107 cm³/mol. The van der Waals surface area contributed by atoms with Crippen LogP contribution >= 0.6 is 11.8 Å². The first-order valence-electron chi connectivity index (χ1n) is 9.64. The molecule has 150 valence electrons. The zero-order valence-electron chi connectivity index (χ0n) is 15.5. The Balaban J connectivity index is 1.56. The Morgan fingerprint density at radius 1 is 1.24 bits per heavy atom. The molecule has 2 fully saturated rings. The number of rotatable bonds is 6. The Bertz CT molecular complexity index is 1220. The Hall–Kier alpha value is -2.52. The summed E-state index contributed by atoms with van der Waals surface area (Å²) in [6.45, 7) is 0. The minimum atomic E-state index is -0.918. The molecule has 29 heavy (non-hydrogen) atoms. The van der Waals surface area contributed by atoms with Gasteiger partial charge in [0.1, 0.15) is 22.1 Å². The summed E-state index contributed by atoms with van der Waals surface area (Å²) in [4.78, 5) is 36.5. The molecule has 7 nitrogen and oxygen atoms in total. The summed E-state index contributed by atoms with van der Waals surface area (Å²) >= 11 is 1.22. The van der Waals surface area contributed by atoms with Crippen molar-refractivity contribution in [2.45, 2.75) is 48.8 Å². The van der Waals surface area contributed by atoms with Crippen LogP contribution in [0.25, 0.3) is 11.0 Å². The number of H-pyrrole nitrogens is 1. The monoisotopic (exact) mass is 414 g/mol. The zero-order valence-corrected chi connectivity index (χ0v) is 16.3. The van der Waals surface area contributed by atoms with Gasteiger partial charge in [-0.1, -0.05) is 12.1 Å². The SMILES string of the molecule is O=c1[nH]c(=O)n(C2CC2)c2nc(C3CC3)nc(SCC(O)c3cccc(F)c3)c12. The van der Waals surface area contributed by atoms with Gasteiger partial charge in [0.15, 0.2) is 5.65 Å². The van der Waals surface area contributed by atoms with Gasteiger partial charge in [0.05, 0.1) is 6.10 Å². The second-order valence-corrected chi connectivity index (χ2v) is 8.61. The molecule has 3 aromatic rings. The molecule has 2 aliphatic rings. The fourth-order valence-corrected chi connectivity index (χ4v) is 4.40. The lowest BCUT2D eigenvalue weighted by molar-refractivity contribution is 0.203. The number of halogens is 1. The van der Waals surface area contributed by atoms with Crippen LogP contribution in [0.5, 0.6) is 0 Å². The lowest BCUT2D eigenvalue weighted by Crippen LogP contribution is -2.31. The first-order chi connectivity index (χ1) is 14.0. The van der Waals surface area contributed by atoms with Crippen LogP contribution in [0.4, 0.5) is 4.39 Å². The van der Waals surface area contributed by atoms with Crippen LogP contribution in [-0.4, -0.2) is 30.4 Å². The quantitative estimate of drug-likeness (QED) is 0.475. The lowest BCUT2D eigenvalue weighted by atomic mass is 10.1. The number of hydrogen-bond acceptors (Lipinski definition) is 6. The number of aromatic nitrogens is 4. The summed E-state index contributed by atoms with van der Waals surface area (Å²) in [6.07, 6.45) is 2.81. The number of aromatic amines is 1. The maximum Gasteiger partial charge on any atom is 0.330 e. The number of aliphatic hydroxyl groups excluding tert-OH is 1. The third kappa shape index (κ3) is 3.60. The first-order valence-corrected chi connectivity index (χ1v) is 10.6. The van der Waals surface area contributed by atoms with E-state index in [1.807, 2.05) is 0 Å². The second kappa shape index (κ2) is 7.07. The molecule has 0 amide bonds. The molecule has 0 aliphatic heterocycles. The van der Waals surface area contributed by atoms with E-state index in [0.717, 1.165) is 25.7 Å². The molecule has 1 unspecified atom stereocenters. The molecule has 2 aliphatic carbocycles. The molecule has 2 N–H and O–H groups in total. The van der Waals surface area contributed by atoms with E-state index in [1.54, 1.807) is 16.7 Å². The van der Waals surface area contributed by atoms with Gasteiger partial charge in [-0.3, -0.25) is 14.3 Å². The van der Waals surface area contributed by atoms with Gasteiger partial charge in [-0.2, -0.15) is 0 Å². The van der Waals surface area contributed by atoms with Crippen LogP contribution < -0.4 is 11.2 Å². The number of thioether (sulfide) groups is 1. The Labute approximate surface area is 169 Å². The zero-order chi connectivity index (χ0) is 20.1. The van der Waals surface area contributed by atoms with E-state index in [-0.39, 0.29) is 23.1 Å². The van der Waals surface area contributed by atoms with Crippen molar-refractivity contribution in [2.75, 3.05) is 5.75 Å². The lowest BCUT2D eigenvalue weighted by Gasteiger charge is -2.14. The Morgan fingerprint density at radius 2 is 2.03 bits per heavy atom. The molecule has 0 radical (unpaired) electrons. The van der Waals surface area contributed by atoms with Crippen molar-refractivity contribution >= 4 is 22.8 Å². The van der Waals surface area contributed by atoms with E-state index in [0.29, 0.717) is 22.1 Å². The fourth-order valence-electron chi connectivity index (χ4n) is 3.40. The predicted octanol–water partition coefficient (Wildman–Crippen LogP) is 2.66. The van der Waals surface area contributed by atoms with Gasteiger partial charge >= 0.3 is 5.69 Å². The molecule has 2 aromatic heterocycles. The van der Waals surface area contributed by atoms with Crippen LogP contribution in [0.2, 0.25) is 0 Å². The summed E-state index contributed by atoms with van der Waals surface area (Å²) in [7, 11) is 0. The van der Waals surface area contributed by atoms with Crippen molar-refractivity contribution in [3.8, 4) is 0 Å². The molecule has 1 atom stereocenters. The highest BCUT2D eigenvalue weighted by molar-refractivity contribution is 7.99. The Kier molecular flexibility index (Phi) is 4.51. The van der Waals surface area contributed by atoms with Crippen molar-refractivity contribution < 1.29 is 9.50 Å². The maximum absolute atomic E-state index is 13.4. The highest BCUT2D eigenvalue weighted by atomic mass is 32.2. The molecular formula is C20H19FN4O3S. The number of aliphatic hydroxyl groups is 1. The molecule has 0 bridgehead atoms. The van der Waals surface area contributed by atoms with Gasteiger partial charge < -0.3 is 5.11 Å². The van der Waals surface area contributed by atoms with Crippen molar-refractivity contribution in [2.24, 2.45) is 0 Å². The first kappa shape index (κ1) is 18.5.